The van der Waals surface area contributed by atoms with Gasteiger partial charge < -0.3 is 14.6 Å². The SMILES string of the molecule is CN(Cc1cccnc1)C(=O)Cn1cccc1C(=O)O. The van der Waals surface area contributed by atoms with E-state index in [9.17, 15) is 9.59 Å². The Balaban J connectivity index is 2.01. The second kappa shape index (κ2) is 6.01. The maximum absolute atomic E-state index is 12.1. The minimum absolute atomic E-state index is 0.00535. The number of hydrogen-bond acceptors (Lipinski definition) is 3. The number of rotatable bonds is 5. The molecule has 2 aromatic rings. The Morgan fingerprint density at radius 2 is 2.15 bits per heavy atom. The molecule has 0 bridgehead atoms. The fourth-order valence-electron chi connectivity index (χ4n) is 1.87. The molecule has 6 nitrogen and oxygen atoms in total. The third-order valence-corrected chi connectivity index (χ3v) is 2.92. The van der Waals surface area contributed by atoms with Crippen molar-refractivity contribution in [3.8, 4) is 0 Å². The zero-order chi connectivity index (χ0) is 14.5. The molecule has 0 aromatic carbocycles. The highest BCUT2D eigenvalue weighted by Gasteiger charge is 2.14. The first-order chi connectivity index (χ1) is 9.58. The summed E-state index contributed by atoms with van der Waals surface area (Å²) in [6, 6.07) is 6.77. The Morgan fingerprint density at radius 1 is 1.35 bits per heavy atom. The molecule has 2 rings (SSSR count). The minimum Gasteiger partial charge on any atom is -0.477 e. The van der Waals surface area contributed by atoms with Crippen LogP contribution in [0.4, 0.5) is 0 Å². The molecule has 0 radical (unpaired) electrons. The summed E-state index contributed by atoms with van der Waals surface area (Å²) in [6.45, 7) is 0.446. The Kier molecular flexibility index (Phi) is 4.14. The van der Waals surface area contributed by atoms with E-state index in [-0.39, 0.29) is 18.1 Å². The number of carbonyl (C=O) groups is 2. The number of likely N-dealkylation sites (N-methyl/N-ethyl adjacent to an activating group) is 1. The van der Waals surface area contributed by atoms with Crippen LogP contribution in [-0.2, 0) is 17.9 Å². The van der Waals surface area contributed by atoms with E-state index in [1.807, 2.05) is 12.1 Å². The van der Waals surface area contributed by atoms with E-state index in [1.54, 1.807) is 36.6 Å². The van der Waals surface area contributed by atoms with Crippen LogP contribution in [0.1, 0.15) is 16.1 Å². The number of aromatic nitrogens is 2. The molecule has 1 amide bonds. The van der Waals surface area contributed by atoms with Gasteiger partial charge in [-0.05, 0) is 23.8 Å². The predicted molar refractivity (Wildman–Crippen MR) is 72.1 cm³/mol. The molecule has 0 aliphatic rings. The normalized spacial score (nSPS) is 10.2. The number of amides is 1. The van der Waals surface area contributed by atoms with Crippen LogP contribution < -0.4 is 0 Å². The van der Waals surface area contributed by atoms with Crippen LogP contribution in [0.5, 0.6) is 0 Å². The summed E-state index contributed by atoms with van der Waals surface area (Å²) in [4.78, 5) is 28.6. The Labute approximate surface area is 116 Å². The Morgan fingerprint density at radius 3 is 2.80 bits per heavy atom. The molecule has 0 spiro atoms. The Bertz CT molecular complexity index is 607. The minimum atomic E-state index is -1.04. The van der Waals surface area contributed by atoms with Crippen LogP contribution in [-0.4, -0.2) is 38.5 Å². The standard InChI is InChI=1S/C14H15N3O3/c1-16(9-11-4-2-6-15-8-11)13(18)10-17-7-3-5-12(17)14(19)20/h2-8H,9-10H2,1H3,(H,19,20). The van der Waals surface area contributed by atoms with Crippen molar-refractivity contribution < 1.29 is 14.7 Å². The largest absolute Gasteiger partial charge is 0.477 e. The summed E-state index contributed by atoms with van der Waals surface area (Å²) in [5, 5.41) is 8.99. The molecule has 0 fully saturated rings. The van der Waals surface area contributed by atoms with Gasteiger partial charge >= 0.3 is 5.97 Å². The lowest BCUT2D eigenvalue weighted by molar-refractivity contribution is -0.131. The quantitative estimate of drug-likeness (QED) is 0.889. The number of carboxylic acid groups (broad SMARTS) is 1. The first-order valence-corrected chi connectivity index (χ1v) is 6.09. The lowest BCUT2D eigenvalue weighted by Gasteiger charge is -2.18. The average molecular weight is 273 g/mol. The van der Waals surface area contributed by atoms with Crippen molar-refractivity contribution in [2.75, 3.05) is 7.05 Å². The number of carboxylic acids is 1. The van der Waals surface area contributed by atoms with E-state index >= 15 is 0 Å². The van der Waals surface area contributed by atoms with Gasteiger partial charge in [-0.2, -0.15) is 0 Å². The van der Waals surface area contributed by atoms with E-state index in [2.05, 4.69) is 4.98 Å². The van der Waals surface area contributed by atoms with E-state index in [0.717, 1.165) is 5.56 Å². The van der Waals surface area contributed by atoms with Crippen molar-refractivity contribution in [1.29, 1.82) is 0 Å². The zero-order valence-corrected chi connectivity index (χ0v) is 11.1. The third kappa shape index (κ3) is 3.23. The molecule has 0 aliphatic heterocycles. The number of nitrogens with zero attached hydrogens (tertiary/aromatic N) is 3. The van der Waals surface area contributed by atoms with Crippen LogP contribution in [0.15, 0.2) is 42.9 Å². The molecular weight excluding hydrogens is 258 g/mol. The van der Waals surface area contributed by atoms with E-state index in [4.69, 9.17) is 5.11 Å². The molecule has 20 heavy (non-hydrogen) atoms. The first kappa shape index (κ1) is 13.8. The number of carbonyl (C=O) groups excluding carboxylic acids is 1. The third-order valence-electron chi connectivity index (χ3n) is 2.92. The van der Waals surface area contributed by atoms with Crippen LogP contribution in [0, 0.1) is 0 Å². The smallest absolute Gasteiger partial charge is 0.352 e. The number of aromatic carboxylic acids is 1. The van der Waals surface area contributed by atoms with Gasteiger partial charge in [-0.1, -0.05) is 6.07 Å². The Hall–Kier alpha value is -2.63. The summed E-state index contributed by atoms with van der Waals surface area (Å²) in [6.07, 6.45) is 4.95. The maximum Gasteiger partial charge on any atom is 0.352 e. The van der Waals surface area contributed by atoms with Crippen molar-refractivity contribution in [1.82, 2.24) is 14.5 Å². The van der Waals surface area contributed by atoms with Gasteiger partial charge in [0.05, 0.1) is 0 Å². The predicted octanol–water partition coefficient (Wildman–Crippen LogP) is 1.24. The lowest BCUT2D eigenvalue weighted by atomic mass is 10.2. The van der Waals surface area contributed by atoms with Crippen LogP contribution in [0.25, 0.3) is 0 Å². The van der Waals surface area contributed by atoms with Crippen molar-refractivity contribution >= 4 is 11.9 Å². The van der Waals surface area contributed by atoms with Gasteiger partial charge in [-0.3, -0.25) is 9.78 Å². The number of hydrogen-bond donors (Lipinski definition) is 1. The molecule has 0 atom stereocenters. The second-order valence-electron chi connectivity index (χ2n) is 4.44. The fraction of sp³-hybridized carbons (Fsp3) is 0.214. The van der Waals surface area contributed by atoms with Gasteiger partial charge in [-0.15, -0.1) is 0 Å². The summed E-state index contributed by atoms with van der Waals surface area (Å²) >= 11 is 0. The molecule has 1 N–H and O–H groups in total. The molecular formula is C14H15N3O3. The topological polar surface area (TPSA) is 75.4 Å². The van der Waals surface area contributed by atoms with Crippen molar-refractivity contribution in [2.45, 2.75) is 13.1 Å². The van der Waals surface area contributed by atoms with Gasteiger partial charge in [0.1, 0.15) is 12.2 Å². The molecule has 0 saturated carbocycles. The molecule has 2 aromatic heterocycles. The molecule has 6 heteroatoms. The van der Waals surface area contributed by atoms with Crippen LogP contribution in [0.3, 0.4) is 0 Å². The average Bonchev–Trinajstić information content (AvgIpc) is 2.88. The maximum atomic E-state index is 12.1. The van der Waals surface area contributed by atoms with E-state index < -0.39 is 5.97 Å². The van der Waals surface area contributed by atoms with E-state index in [0.29, 0.717) is 6.54 Å². The van der Waals surface area contributed by atoms with Crippen molar-refractivity contribution in [3.05, 3.63) is 54.1 Å². The summed E-state index contributed by atoms with van der Waals surface area (Å²) in [5.41, 5.74) is 1.03. The summed E-state index contributed by atoms with van der Waals surface area (Å²) < 4.78 is 1.42. The van der Waals surface area contributed by atoms with Crippen molar-refractivity contribution in [2.24, 2.45) is 0 Å². The highest BCUT2D eigenvalue weighted by molar-refractivity contribution is 5.86. The number of pyridine rings is 1. The van der Waals surface area contributed by atoms with E-state index in [1.165, 1.54) is 10.6 Å². The van der Waals surface area contributed by atoms with Gasteiger partial charge in [0, 0.05) is 32.2 Å². The van der Waals surface area contributed by atoms with Crippen LogP contribution in [0.2, 0.25) is 0 Å². The molecule has 0 unspecified atom stereocenters. The summed E-state index contributed by atoms with van der Waals surface area (Å²) in [7, 11) is 1.68. The van der Waals surface area contributed by atoms with Gasteiger partial charge in [0.2, 0.25) is 5.91 Å². The fourth-order valence-corrected chi connectivity index (χ4v) is 1.87. The first-order valence-electron chi connectivity index (χ1n) is 6.09. The molecule has 104 valence electrons. The van der Waals surface area contributed by atoms with Gasteiger partial charge in [-0.25, -0.2) is 4.79 Å². The summed E-state index contributed by atoms with van der Waals surface area (Å²) in [5.74, 6) is -1.20. The molecule has 2 heterocycles. The second-order valence-corrected chi connectivity index (χ2v) is 4.44. The van der Waals surface area contributed by atoms with Gasteiger partial charge in [0.15, 0.2) is 0 Å². The van der Waals surface area contributed by atoms with Crippen LogP contribution >= 0.6 is 0 Å². The molecule has 0 saturated heterocycles. The monoisotopic (exact) mass is 273 g/mol. The van der Waals surface area contributed by atoms with Crippen molar-refractivity contribution in [3.63, 3.8) is 0 Å². The van der Waals surface area contributed by atoms with Gasteiger partial charge in [0.25, 0.3) is 0 Å². The lowest BCUT2D eigenvalue weighted by Crippen LogP contribution is -2.30. The highest BCUT2D eigenvalue weighted by atomic mass is 16.4. The zero-order valence-electron chi connectivity index (χ0n) is 11.1. The molecule has 0 aliphatic carbocycles. The highest BCUT2D eigenvalue weighted by Crippen LogP contribution is 2.05.